The van der Waals surface area contributed by atoms with Crippen LogP contribution < -0.4 is 0 Å². The number of rotatable bonds is 4. The Morgan fingerprint density at radius 1 is 0.828 bits per heavy atom. The van der Waals surface area contributed by atoms with Gasteiger partial charge in [-0.25, -0.2) is 0 Å². The lowest BCUT2D eigenvalue weighted by Crippen LogP contribution is -2.39. The van der Waals surface area contributed by atoms with Crippen LogP contribution in [0, 0.1) is 0 Å². The quantitative estimate of drug-likeness (QED) is 0.311. The molecule has 3 aromatic rings. The average Bonchev–Trinajstić information content (AvgIpc) is 2.61. The number of hydrogen-bond acceptors (Lipinski definition) is 4. The Kier molecular flexibility index (Phi) is 5.98. The van der Waals surface area contributed by atoms with Crippen LogP contribution in [-0.4, -0.2) is 23.2 Å². The largest absolute Gasteiger partial charge is 0.508 e. The lowest BCUT2D eigenvalue weighted by atomic mass is 9.83. The van der Waals surface area contributed by atoms with Crippen LogP contribution in [0.25, 0.3) is 0 Å². The first-order chi connectivity index (χ1) is 13.5. The molecule has 0 aliphatic carbocycles. The molecule has 29 heavy (non-hydrogen) atoms. The minimum Gasteiger partial charge on any atom is -0.508 e. The van der Waals surface area contributed by atoms with Gasteiger partial charge in [0.25, 0.3) is 10.1 Å². The van der Waals surface area contributed by atoms with Gasteiger partial charge in [-0.15, -0.1) is 0 Å². The summed E-state index contributed by atoms with van der Waals surface area (Å²) in [7, 11) is -5.16. The molecule has 0 saturated carbocycles. The molecule has 0 heterocycles. The molecule has 1 unspecified atom stereocenters. The van der Waals surface area contributed by atoms with Crippen molar-refractivity contribution in [3.8, 4) is 11.5 Å². The molecular formula is C19H12Cl4O5S. The summed E-state index contributed by atoms with van der Waals surface area (Å²) in [4.78, 5) is 0. The molecule has 3 aromatic carbocycles. The SMILES string of the molecule is O=S(=O)(O)C(c1cc(O)cc(Cl)c1)(c1ccccc1Cl)c1c(O)ccc(Cl)c1Cl. The Morgan fingerprint density at radius 3 is 2.07 bits per heavy atom. The fraction of sp³-hybridized carbons (Fsp3) is 0.0526. The molecule has 5 nitrogen and oxygen atoms in total. The Balaban J connectivity index is 2.68. The van der Waals surface area contributed by atoms with Crippen LogP contribution in [-0.2, 0) is 14.9 Å². The van der Waals surface area contributed by atoms with Crippen molar-refractivity contribution in [1.82, 2.24) is 0 Å². The Labute approximate surface area is 186 Å². The molecule has 10 heteroatoms. The van der Waals surface area contributed by atoms with E-state index < -0.39 is 26.2 Å². The fourth-order valence-electron chi connectivity index (χ4n) is 3.25. The highest BCUT2D eigenvalue weighted by atomic mass is 35.5. The zero-order valence-corrected chi connectivity index (χ0v) is 18.1. The summed E-state index contributed by atoms with van der Waals surface area (Å²) in [5.41, 5.74) is -0.785. The first-order valence-electron chi connectivity index (χ1n) is 7.89. The number of aromatic hydroxyl groups is 2. The molecule has 0 aliphatic rings. The summed E-state index contributed by atoms with van der Waals surface area (Å²) in [5, 5.41) is 20.2. The molecule has 0 spiro atoms. The van der Waals surface area contributed by atoms with Gasteiger partial charge in [0.15, 0.2) is 4.75 Å². The molecule has 152 valence electrons. The van der Waals surface area contributed by atoms with Crippen molar-refractivity contribution in [2.75, 3.05) is 0 Å². The summed E-state index contributed by atoms with van der Waals surface area (Å²) in [6.45, 7) is 0. The molecule has 3 N–H and O–H groups in total. The summed E-state index contributed by atoms with van der Waals surface area (Å²) < 4.78 is 34.0. The van der Waals surface area contributed by atoms with E-state index in [2.05, 4.69) is 0 Å². The van der Waals surface area contributed by atoms with Crippen LogP contribution in [0.1, 0.15) is 16.7 Å². The summed E-state index contributed by atoms with van der Waals surface area (Å²) in [6, 6.07) is 11.6. The summed E-state index contributed by atoms with van der Waals surface area (Å²) in [5.74, 6) is -0.957. The van der Waals surface area contributed by atoms with Crippen LogP contribution in [0.2, 0.25) is 20.1 Å². The van der Waals surface area contributed by atoms with Gasteiger partial charge < -0.3 is 10.2 Å². The van der Waals surface area contributed by atoms with Gasteiger partial charge >= 0.3 is 0 Å². The van der Waals surface area contributed by atoms with Crippen molar-refractivity contribution in [2.45, 2.75) is 4.75 Å². The molecular weight excluding hydrogens is 482 g/mol. The molecule has 0 radical (unpaired) electrons. The van der Waals surface area contributed by atoms with Gasteiger partial charge in [-0.1, -0.05) is 64.6 Å². The molecule has 0 aromatic heterocycles. The van der Waals surface area contributed by atoms with Crippen LogP contribution in [0.5, 0.6) is 11.5 Å². The highest BCUT2D eigenvalue weighted by Crippen LogP contribution is 2.53. The highest BCUT2D eigenvalue weighted by Gasteiger charge is 2.53. The van der Waals surface area contributed by atoms with E-state index >= 15 is 0 Å². The molecule has 3 rings (SSSR count). The third kappa shape index (κ3) is 3.65. The molecule has 0 saturated heterocycles. The maximum absolute atomic E-state index is 13.0. The predicted octanol–water partition coefficient (Wildman–Crippen LogP) is 5.89. The van der Waals surface area contributed by atoms with E-state index in [-0.39, 0.29) is 37.0 Å². The Bertz CT molecular complexity index is 1190. The van der Waals surface area contributed by atoms with Gasteiger partial charge in [0.1, 0.15) is 11.5 Å². The van der Waals surface area contributed by atoms with Crippen molar-refractivity contribution >= 4 is 56.5 Å². The number of halogens is 4. The first-order valence-corrected chi connectivity index (χ1v) is 10.8. The van der Waals surface area contributed by atoms with Gasteiger partial charge in [-0.3, -0.25) is 4.55 Å². The van der Waals surface area contributed by atoms with Crippen molar-refractivity contribution in [1.29, 1.82) is 0 Å². The van der Waals surface area contributed by atoms with Gasteiger partial charge in [0, 0.05) is 21.2 Å². The van der Waals surface area contributed by atoms with Crippen molar-refractivity contribution in [2.24, 2.45) is 0 Å². The normalized spacial score (nSPS) is 13.8. The minimum absolute atomic E-state index is 0.0299. The van der Waals surface area contributed by atoms with Crippen LogP contribution in [0.15, 0.2) is 54.6 Å². The average molecular weight is 494 g/mol. The number of phenolic OH excluding ortho intramolecular Hbond substituents is 2. The van der Waals surface area contributed by atoms with E-state index in [1.807, 2.05) is 0 Å². The van der Waals surface area contributed by atoms with Crippen molar-refractivity contribution in [3.63, 3.8) is 0 Å². The van der Waals surface area contributed by atoms with E-state index in [0.29, 0.717) is 0 Å². The first kappa shape index (κ1) is 22.0. The third-order valence-corrected chi connectivity index (χ3v) is 7.14. The number of hydrogen-bond donors (Lipinski definition) is 3. The second kappa shape index (κ2) is 7.87. The molecule has 0 amide bonds. The second-order valence-corrected chi connectivity index (χ2v) is 9.28. The van der Waals surface area contributed by atoms with Gasteiger partial charge in [-0.2, -0.15) is 8.42 Å². The molecule has 0 aliphatic heterocycles. The number of benzene rings is 3. The minimum atomic E-state index is -5.16. The lowest BCUT2D eigenvalue weighted by molar-refractivity contribution is 0.439. The Hall–Kier alpha value is -1.67. The standard InChI is InChI=1S/C19H12Cl4O5S/c20-11-7-10(8-12(24)9-11)19(29(26,27)28,13-3-1-2-4-14(13)21)17-16(25)6-5-15(22)18(17)23/h1-9,24-25H,(H,26,27,28). The van der Waals surface area contributed by atoms with E-state index in [0.717, 1.165) is 12.1 Å². The van der Waals surface area contributed by atoms with Gasteiger partial charge in [-0.05, 0) is 42.0 Å². The van der Waals surface area contributed by atoms with Crippen LogP contribution >= 0.6 is 46.4 Å². The maximum atomic E-state index is 13.0. The zero-order valence-electron chi connectivity index (χ0n) is 14.3. The molecule has 0 fully saturated rings. The van der Waals surface area contributed by atoms with E-state index in [1.54, 1.807) is 6.07 Å². The van der Waals surface area contributed by atoms with E-state index in [9.17, 15) is 23.2 Å². The van der Waals surface area contributed by atoms with Gasteiger partial charge in [0.2, 0.25) is 0 Å². The third-order valence-electron chi connectivity index (χ3n) is 4.35. The predicted molar refractivity (Wildman–Crippen MR) is 114 cm³/mol. The zero-order chi connectivity index (χ0) is 21.6. The maximum Gasteiger partial charge on any atom is 0.283 e. The molecule has 1 atom stereocenters. The lowest BCUT2D eigenvalue weighted by Gasteiger charge is -2.34. The Morgan fingerprint density at radius 2 is 1.48 bits per heavy atom. The van der Waals surface area contributed by atoms with Crippen LogP contribution in [0.3, 0.4) is 0 Å². The van der Waals surface area contributed by atoms with Crippen LogP contribution in [0.4, 0.5) is 0 Å². The topological polar surface area (TPSA) is 94.8 Å². The second-order valence-electron chi connectivity index (χ2n) is 6.09. The number of phenols is 2. The van der Waals surface area contributed by atoms with Crippen molar-refractivity contribution in [3.05, 3.63) is 91.4 Å². The van der Waals surface area contributed by atoms with Gasteiger partial charge in [0.05, 0.1) is 10.0 Å². The molecule has 0 bridgehead atoms. The van der Waals surface area contributed by atoms with E-state index in [4.69, 9.17) is 46.4 Å². The fourth-order valence-corrected chi connectivity index (χ4v) is 5.66. The monoisotopic (exact) mass is 492 g/mol. The smallest absolute Gasteiger partial charge is 0.283 e. The van der Waals surface area contributed by atoms with E-state index in [1.165, 1.54) is 36.4 Å². The highest BCUT2D eigenvalue weighted by molar-refractivity contribution is 7.87. The summed E-state index contributed by atoms with van der Waals surface area (Å²) >= 11 is 24.8. The summed E-state index contributed by atoms with van der Waals surface area (Å²) in [6.07, 6.45) is 0. The van der Waals surface area contributed by atoms with Crippen molar-refractivity contribution < 1.29 is 23.2 Å².